The number of pyridine rings is 1. The van der Waals surface area contributed by atoms with E-state index in [1.807, 2.05) is 50.3 Å². The van der Waals surface area contributed by atoms with E-state index in [1.165, 1.54) is 5.56 Å². The number of nitrogens with one attached hydrogen (secondary N) is 3. The van der Waals surface area contributed by atoms with Gasteiger partial charge in [0.1, 0.15) is 6.23 Å². The summed E-state index contributed by atoms with van der Waals surface area (Å²) in [6.45, 7) is 4.65. The number of hydrogen-bond donors (Lipinski definition) is 5. The SMILES string of the molecule is CC1=CC(Cc2cccc(NCc3c(C)cc(Cc4ccccc4)[nH]c3=O)c2)=C(CN)C(O)N1. The molecule has 34 heavy (non-hydrogen) atoms. The summed E-state index contributed by atoms with van der Waals surface area (Å²) in [5, 5.41) is 16.7. The molecule has 0 radical (unpaired) electrons. The van der Waals surface area contributed by atoms with Gasteiger partial charge >= 0.3 is 0 Å². The number of aliphatic hydroxyl groups excluding tert-OH is 1. The predicted molar refractivity (Wildman–Crippen MR) is 138 cm³/mol. The number of dihydropyridines is 1. The maximum atomic E-state index is 12.8. The number of aliphatic hydroxyl groups is 1. The van der Waals surface area contributed by atoms with Crippen molar-refractivity contribution in [2.45, 2.75) is 39.5 Å². The molecule has 1 aliphatic heterocycles. The van der Waals surface area contributed by atoms with Crippen LogP contribution in [0.2, 0.25) is 0 Å². The van der Waals surface area contributed by atoms with Crippen LogP contribution in [-0.4, -0.2) is 22.9 Å². The summed E-state index contributed by atoms with van der Waals surface area (Å²) >= 11 is 0. The number of anilines is 1. The second-order valence-electron chi connectivity index (χ2n) is 8.81. The quantitative estimate of drug-likeness (QED) is 0.357. The van der Waals surface area contributed by atoms with Gasteiger partial charge in [0.05, 0.1) is 0 Å². The van der Waals surface area contributed by atoms with E-state index in [9.17, 15) is 9.90 Å². The van der Waals surface area contributed by atoms with E-state index in [0.29, 0.717) is 25.9 Å². The minimum Gasteiger partial charge on any atom is -0.381 e. The number of rotatable bonds is 8. The van der Waals surface area contributed by atoms with E-state index in [-0.39, 0.29) is 5.56 Å². The summed E-state index contributed by atoms with van der Waals surface area (Å²) in [6, 6.07) is 20.3. The zero-order valence-electron chi connectivity index (χ0n) is 19.7. The molecule has 0 saturated heterocycles. The van der Waals surface area contributed by atoms with Crippen LogP contribution >= 0.6 is 0 Å². The second kappa shape index (κ2) is 10.5. The first kappa shape index (κ1) is 23.5. The molecule has 2 aromatic carbocycles. The van der Waals surface area contributed by atoms with Crippen LogP contribution in [0.5, 0.6) is 0 Å². The van der Waals surface area contributed by atoms with Crippen LogP contribution < -0.4 is 21.9 Å². The number of benzene rings is 2. The molecule has 6 nitrogen and oxygen atoms in total. The fraction of sp³-hybridized carbons (Fsp3) is 0.250. The predicted octanol–water partition coefficient (Wildman–Crippen LogP) is 3.51. The highest BCUT2D eigenvalue weighted by molar-refractivity contribution is 5.49. The van der Waals surface area contributed by atoms with Crippen molar-refractivity contribution in [2.24, 2.45) is 5.73 Å². The third kappa shape index (κ3) is 5.65. The highest BCUT2D eigenvalue weighted by Gasteiger charge is 2.18. The standard InChI is InChI=1S/C28H32N4O2/c1-18-11-24(14-20-7-4-3-5-8-20)32-28(34)26(18)17-30-23-10-6-9-21(15-23)13-22-12-19(2)31-27(33)25(22)16-29/h3-12,15,27,30-31,33H,13-14,16-17,29H2,1-2H3,(H,32,34). The van der Waals surface area contributed by atoms with Crippen LogP contribution in [0.25, 0.3) is 0 Å². The maximum absolute atomic E-state index is 12.8. The Bertz CT molecular complexity index is 1280. The van der Waals surface area contributed by atoms with Crippen molar-refractivity contribution in [1.82, 2.24) is 10.3 Å². The minimum absolute atomic E-state index is 0.0587. The van der Waals surface area contributed by atoms with Gasteiger partial charge in [0, 0.05) is 42.2 Å². The molecule has 3 aromatic rings. The van der Waals surface area contributed by atoms with E-state index in [1.54, 1.807) is 0 Å². The largest absolute Gasteiger partial charge is 0.381 e. The van der Waals surface area contributed by atoms with E-state index < -0.39 is 6.23 Å². The summed E-state index contributed by atoms with van der Waals surface area (Å²) < 4.78 is 0. The Kier molecular flexibility index (Phi) is 7.30. The number of nitrogens with two attached hydrogens (primary N) is 1. The van der Waals surface area contributed by atoms with E-state index in [0.717, 1.165) is 44.9 Å². The number of aromatic amines is 1. The fourth-order valence-corrected chi connectivity index (χ4v) is 4.40. The molecule has 6 N–H and O–H groups in total. The highest BCUT2D eigenvalue weighted by Crippen LogP contribution is 2.22. The molecular formula is C28H32N4O2. The third-order valence-electron chi connectivity index (χ3n) is 6.16. The normalized spacial score (nSPS) is 15.6. The Balaban J connectivity index is 1.46. The molecule has 0 fully saturated rings. The third-order valence-corrected chi connectivity index (χ3v) is 6.16. The molecule has 176 valence electrons. The van der Waals surface area contributed by atoms with Gasteiger partial charge in [-0.15, -0.1) is 0 Å². The van der Waals surface area contributed by atoms with Gasteiger partial charge < -0.3 is 26.5 Å². The first-order valence-electron chi connectivity index (χ1n) is 11.6. The zero-order valence-corrected chi connectivity index (χ0v) is 19.7. The Morgan fingerprint density at radius 3 is 2.50 bits per heavy atom. The average molecular weight is 457 g/mol. The summed E-state index contributed by atoms with van der Waals surface area (Å²) in [4.78, 5) is 15.8. The molecule has 1 unspecified atom stereocenters. The van der Waals surface area contributed by atoms with Crippen molar-refractivity contribution in [1.29, 1.82) is 0 Å². The number of aromatic nitrogens is 1. The monoisotopic (exact) mass is 456 g/mol. The fourth-order valence-electron chi connectivity index (χ4n) is 4.40. The number of aryl methyl sites for hydroxylation is 1. The van der Waals surface area contributed by atoms with Gasteiger partial charge in [0.25, 0.3) is 5.56 Å². The van der Waals surface area contributed by atoms with Gasteiger partial charge in [-0.3, -0.25) is 4.79 Å². The number of H-pyrrole nitrogens is 1. The van der Waals surface area contributed by atoms with E-state index in [2.05, 4.69) is 45.9 Å². The van der Waals surface area contributed by atoms with E-state index >= 15 is 0 Å². The molecule has 2 heterocycles. The lowest BCUT2D eigenvalue weighted by atomic mass is 9.95. The Hall–Kier alpha value is -3.61. The number of hydrogen-bond acceptors (Lipinski definition) is 5. The van der Waals surface area contributed by atoms with Gasteiger partial charge in [-0.1, -0.05) is 42.5 Å². The molecule has 0 amide bonds. The van der Waals surface area contributed by atoms with E-state index in [4.69, 9.17) is 5.73 Å². The van der Waals surface area contributed by atoms with Crippen LogP contribution in [0, 0.1) is 6.92 Å². The summed E-state index contributed by atoms with van der Waals surface area (Å²) in [5.74, 6) is 0. The molecule has 0 aliphatic carbocycles. The lowest BCUT2D eigenvalue weighted by Gasteiger charge is -2.25. The van der Waals surface area contributed by atoms with Crippen LogP contribution in [0.1, 0.15) is 34.9 Å². The molecule has 1 aliphatic rings. The zero-order chi connectivity index (χ0) is 24.1. The second-order valence-corrected chi connectivity index (χ2v) is 8.81. The first-order valence-corrected chi connectivity index (χ1v) is 11.6. The van der Waals surface area contributed by atoms with Gasteiger partial charge in [-0.25, -0.2) is 0 Å². The molecule has 0 spiro atoms. The molecule has 1 atom stereocenters. The molecule has 0 bridgehead atoms. The Morgan fingerprint density at radius 2 is 1.76 bits per heavy atom. The smallest absolute Gasteiger partial charge is 0.253 e. The summed E-state index contributed by atoms with van der Waals surface area (Å²) in [5.41, 5.74) is 14.4. The minimum atomic E-state index is -0.745. The van der Waals surface area contributed by atoms with Crippen molar-refractivity contribution in [3.8, 4) is 0 Å². The number of allylic oxidation sites excluding steroid dienone is 3. The topological polar surface area (TPSA) is 103 Å². The first-order chi connectivity index (χ1) is 16.4. The summed E-state index contributed by atoms with van der Waals surface area (Å²) in [7, 11) is 0. The van der Waals surface area contributed by atoms with Crippen molar-refractivity contribution in [3.05, 3.63) is 122 Å². The van der Waals surface area contributed by atoms with Crippen LogP contribution in [0.4, 0.5) is 5.69 Å². The van der Waals surface area contributed by atoms with Crippen molar-refractivity contribution >= 4 is 5.69 Å². The van der Waals surface area contributed by atoms with Gasteiger partial charge in [0.2, 0.25) is 0 Å². The lowest BCUT2D eigenvalue weighted by Crippen LogP contribution is -2.36. The molecular weight excluding hydrogens is 424 g/mol. The average Bonchev–Trinajstić information content (AvgIpc) is 2.79. The van der Waals surface area contributed by atoms with Crippen molar-refractivity contribution in [3.63, 3.8) is 0 Å². The Morgan fingerprint density at radius 1 is 1.00 bits per heavy atom. The van der Waals surface area contributed by atoms with Gasteiger partial charge in [-0.05, 0) is 72.4 Å². The molecule has 0 saturated carbocycles. The molecule has 1 aromatic heterocycles. The van der Waals surface area contributed by atoms with Crippen molar-refractivity contribution < 1.29 is 5.11 Å². The maximum Gasteiger partial charge on any atom is 0.253 e. The van der Waals surface area contributed by atoms with Crippen LogP contribution in [0.15, 0.2) is 88.4 Å². The van der Waals surface area contributed by atoms with Crippen LogP contribution in [0.3, 0.4) is 0 Å². The lowest BCUT2D eigenvalue weighted by molar-refractivity contribution is 0.180. The summed E-state index contributed by atoms with van der Waals surface area (Å²) in [6.07, 6.45) is 2.66. The molecule has 4 rings (SSSR count). The highest BCUT2D eigenvalue weighted by atomic mass is 16.3. The van der Waals surface area contributed by atoms with Crippen LogP contribution in [-0.2, 0) is 19.4 Å². The van der Waals surface area contributed by atoms with Gasteiger partial charge in [-0.2, -0.15) is 0 Å². The van der Waals surface area contributed by atoms with Gasteiger partial charge in [0.15, 0.2) is 0 Å². The molecule has 6 heteroatoms. The van der Waals surface area contributed by atoms with Crippen molar-refractivity contribution in [2.75, 3.05) is 11.9 Å². The Labute approximate surface area is 200 Å².